The number of nitrogens with one attached hydrogen (secondary N) is 1. The molecule has 0 radical (unpaired) electrons. The lowest BCUT2D eigenvalue weighted by atomic mass is 10.1. The van der Waals surface area contributed by atoms with Gasteiger partial charge in [-0.15, -0.1) is 0 Å². The maximum Gasteiger partial charge on any atom is 0.257 e. The van der Waals surface area contributed by atoms with Crippen LogP contribution in [0.2, 0.25) is 0 Å². The number of aliphatic hydroxyl groups is 1. The minimum Gasteiger partial charge on any atom is -0.497 e. The predicted octanol–water partition coefficient (Wildman–Crippen LogP) is 2.69. The van der Waals surface area contributed by atoms with Gasteiger partial charge in [-0.25, -0.2) is 9.37 Å². The highest BCUT2D eigenvalue weighted by Crippen LogP contribution is 2.22. The number of hydrogen-bond acceptors (Lipinski definition) is 4. The van der Waals surface area contributed by atoms with Crippen LogP contribution >= 0.6 is 0 Å². The summed E-state index contributed by atoms with van der Waals surface area (Å²) in [5.41, 5.74) is 0.935. The molecule has 0 aliphatic carbocycles. The van der Waals surface area contributed by atoms with Gasteiger partial charge in [-0.1, -0.05) is 12.1 Å². The van der Waals surface area contributed by atoms with Gasteiger partial charge in [0.1, 0.15) is 11.6 Å². The standard InChI is InChI=1S/C18H16FN3O3/c1-25-14-4-2-3-12(9-14)17(23)18(24)21-13-5-6-16(15(19)10-13)22-8-7-20-11-22/h2-11,17,23H,1H3,(H,21,24). The van der Waals surface area contributed by atoms with E-state index < -0.39 is 17.8 Å². The van der Waals surface area contributed by atoms with E-state index in [1.165, 1.54) is 30.1 Å². The van der Waals surface area contributed by atoms with E-state index in [1.807, 2.05) is 0 Å². The third-order valence-electron chi connectivity index (χ3n) is 3.66. The number of nitrogens with zero attached hydrogens (tertiary/aromatic N) is 2. The van der Waals surface area contributed by atoms with Crippen molar-refractivity contribution in [1.29, 1.82) is 0 Å². The fourth-order valence-corrected chi connectivity index (χ4v) is 2.37. The lowest BCUT2D eigenvalue weighted by Crippen LogP contribution is -2.21. The predicted molar refractivity (Wildman–Crippen MR) is 90.1 cm³/mol. The normalized spacial score (nSPS) is 11.8. The Bertz CT molecular complexity index is 881. The van der Waals surface area contributed by atoms with Crippen molar-refractivity contribution in [3.63, 3.8) is 0 Å². The van der Waals surface area contributed by atoms with E-state index in [0.717, 1.165) is 0 Å². The topological polar surface area (TPSA) is 76.4 Å². The fraction of sp³-hybridized carbons (Fsp3) is 0.111. The van der Waals surface area contributed by atoms with Crippen LogP contribution in [0.15, 0.2) is 61.2 Å². The second kappa shape index (κ2) is 7.14. The molecule has 25 heavy (non-hydrogen) atoms. The van der Waals surface area contributed by atoms with Gasteiger partial charge >= 0.3 is 0 Å². The van der Waals surface area contributed by atoms with Gasteiger partial charge in [0, 0.05) is 18.1 Å². The smallest absolute Gasteiger partial charge is 0.257 e. The number of anilines is 1. The average Bonchev–Trinajstić information content (AvgIpc) is 3.15. The van der Waals surface area contributed by atoms with Crippen molar-refractivity contribution < 1.29 is 19.0 Å². The molecule has 7 heteroatoms. The van der Waals surface area contributed by atoms with Gasteiger partial charge < -0.3 is 19.7 Å². The number of imidazole rings is 1. The number of hydrogen-bond donors (Lipinski definition) is 2. The number of rotatable bonds is 5. The van der Waals surface area contributed by atoms with E-state index in [2.05, 4.69) is 10.3 Å². The second-order valence-electron chi connectivity index (χ2n) is 5.30. The van der Waals surface area contributed by atoms with Crippen LogP contribution in [0.1, 0.15) is 11.7 Å². The fourth-order valence-electron chi connectivity index (χ4n) is 2.37. The number of benzene rings is 2. The van der Waals surface area contributed by atoms with Crippen LogP contribution in [0.4, 0.5) is 10.1 Å². The Balaban J connectivity index is 1.75. The van der Waals surface area contributed by atoms with Crippen molar-refractivity contribution in [2.45, 2.75) is 6.10 Å². The van der Waals surface area contributed by atoms with Crippen molar-refractivity contribution in [2.75, 3.05) is 12.4 Å². The molecule has 1 unspecified atom stereocenters. The Morgan fingerprint density at radius 3 is 2.84 bits per heavy atom. The molecule has 0 bridgehead atoms. The average molecular weight is 341 g/mol. The minimum atomic E-state index is -1.40. The first-order chi connectivity index (χ1) is 12.1. The molecule has 0 aliphatic heterocycles. The first-order valence-corrected chi connectivity index (χ1v) is 7.49. The molecule has 0 spiro atoms. The minimum absolute atomic E-state index is 0.244. The van der Waals surface area contributed by atoms with E-state index >= 15 is 0 Å². The molecule has 1 atom stereocenters. The molecule has 0 fully saturated rings. The first kappa shape index (κ1) is 16.7. The number of methoxy groups -OCH3 is 1. The third-order valence-corrected chi connectivity index (χ3v) is 3.66. The molecule has 128 valence electrons. The quantitative estimate of drug-likeness (QED) is 0.748. The van der Waals surface area contributed by atoms with Gasteiger partial charge in [-0.2, -0.15) is 0 Å². The summed E-state index contributed by atoms with van der Waals surface area (Å²) in [6, 6.07) is 10.8. The zero-order valence-corrected chi connectivity index (χ0v) is 13.4. The van der Waals surface area contributed by atoms with Gasteiger partial charge in [-0.3, -0.25) is 4.79 Å². The second-order valence-corrected chi connectivity index (χ2v) is 5.30. The summed E-state index contributed by atoms with van der Waals surface area (Å²) in [5, 5.41) is 12.7. The molecule has 2 N–H and O–H groups in total. The highest BCUT2D eigenvalue weighted by molar-refractivity contribution is 5.94. The molecule has 3 aromatic rings. The summed E-state index contributed by atoms with van der Waals surface area (Å²) in [5.74, 6) is -0.658. The lowest BCUT2D eigenvalue weighted by molar-refractivity contribution is -0.124. The molecular weight excluding hydrogens is 325 g/mol. The van der Waals surface area contributed by atoms with Crippen LogP contribution < -0.4 is 10.1 Å². The molecule has 6 nitrogen and oxygen atoms in total. The number of aliphatic hydroxyl groups excluding tert-OH is 1. The molecule has 0 saturated carbocycles. The van der Waals surface area contributed by atoms with Crippen LogP contribution in [0.25, 0.3) is 5.69 Å². The Morgan fingerprint density at radius 2 is 2.16 bits per heavy atom. The number of carbonyl (C=O) groups is 1. The Hall–Kier alpha value is -3.19. The monoisotopic (exact) mass is 341 g/mol. The molecule has 1 aromatic heterocycles. The highest BCUT2D eigenvalue weighted by atomic mass is 19.1. The van der Waals surface area contributed by atoms with E-state index in [0.29, 0.717) is 17.0 Å². The first-order valence-electron chi connectivity index (χ1n) is 7.49. The summed E-state index contributed by atoms with van der Waals surface area (Å²) in [6.45, 7) is 0. The molecule has 3 rings (SSSR count). The van der Waals surface area contributed by atoms with Crippen molar-refractivity contribution >= 4 is 11.6 Å². The molecule has 1 amide bonds. The van der Waals surface area contributed by atoms with Crippen molar-refractivity contribution in [3.05, 3.63) is 72.6 Å². The van der Waals surface area contributed by atoms with Crippen LogP contribution in [-0.2, 0) is 4.79 Å². The Kier molecular flexibility index (Phi) is 4.76. The van der Waals surface area contributed by atoms with Crippen LogP contribution in [0.3, 0.4) is 0 Å². The van der Waals surface area contributed by atoms with Crippen LogP contribution in [0.5, 0.6) is 5.75 Å². The van der Waals surface area contributed by atoms with Gasteiger partial charge in [-0.05, 0) is 35.9 Å². The number of aromatic nitrogens is 2. The molecular formula is C18H16FN3O3. The number of ether oxygens (including phenoxy) is 1. The van der Waals surface area contributed by atoms with E-state index in [4.69, 9.17) is 4.74 Å². The summed E-state index contributed by atoms with van der Waals surface area (Å²) >= 11 is 0. The van der Waals surface area contributed by atoms with Crippen molar-refractivity contribution in [3.8, 4) is 11.4 Å². The van der Waals surface area contributed by atoms with Crippen molar-refractivity contribution in [2.24, 2.45) is 0 Å². The molecule has 0 aliphatic rings. The maximum atomic E-state index is 14.2. The van der Waals surface area contributed by atoms with E-state index in [-0.39, 0.29) is 5.69 Å². The summed E-state index contributed by atoms with van der Waals surface area (Å²) < 4.78 is 20.8. The van der Waals surface area contributed by atoms with Gasteiger partial charge in [0.2, 0.25) is 0 Å². The Labute approximate surface area is 143 Å². The number of carbonyl (C=O) groups excluding carboxylic acids is 1. The lowest BCUT2D eigenvalue weighted by Gasteiger charge is -2.13. The van der Waals surface area contributed by atoms with E-state index in [9.17, 15) is 14.3 Å². The van der Waals surface area contributed by atoms with Gasteiger partial charge in [0.25, 0.3) is 5.91 Å². The zero-order valence-electron chi connectivity index (χ0n) is 13.4. The van der Waals surface area contributed by atoms with Gasteiger partial charge in [0.05, 0.1) is 19.1 Å². The zero-order chi connectivity index (χ0) is 17.8. The van der Waals surface area contributed by atoms with Gasteiger partial charge in [0.15, 0.2) is 6.10 Å². The van der Waals surface area contributed by atoms with E-state index in [1.54, 1.807) is 42.7 Å². The maximum absolute atomic E-state index is 14.2. The molecule has 1 heterocycles. The largest absolute Gasteiger partial charge is 0.497 e. The summed E-state index contributed by atoms with van der Waals surface area (Å²) in [6.07, 6.45) is 3.23. The van der Waals surface area contributed by atoms with Crippen LogP contribution in [-0.4, -0.2) is 27.7 Å². The molecule has 2 aromatic carbocycles. The van der Waals surface area contributed by atoms with Crippen molar-refractivity contribution in [1.82, 2.24) is 9.55 Å². The summed E-state index contributed by atoms with van der Waals surface area (Å²) in [4.78, 5) is 16.1. The SMILES string of the molecule is COc1cccc(C(O)C(=O)Nc2ccc(-n3ccnc3)c(F)c2)c1. The third kappa shape index (κ3) is 3.67. The number of halogens is 1. The molecule has 0 saturated heterocycles. The Morgan fingerprint density at radius 1 is 1.32 bits per heavy atom. The highest BCUT2D eigenvalue weighted by Gasteiger charge is 2.18. The summed E-state index contributed by atoms with van der Waals surface area (Å²) in [7, 11) is 1.50. The van der Waals surface area contributed by atoms with Crippen LogP contribution in [0, 0.1) is 5.82 Å². The number of amides is 1.